The Morgan fingerprint density at radius 1 is 1.18 bits per heavy atom. The van der Waals surface area contributed by atoms with Gasteiger partial charge in [0.25, 0.3) is 0 Å². The van der Waals surface area contributed by atoms with E-state index < -0.39 is 12.5 Å². The van der Waals surface area contributed by atoms with Crippen molar-refractivity contribution >= 4 is 5.78 Å². The zero-order valence-corrected chi connectivity index (χ0v) is 19.2. The molecule has 2 aromatic heterocycles. The van der Waals surface area contributed by atoms with Crippen LogP contribution in [0.25, 0.3) is 22.6 Å². The Morgan fingerprint density at radius 3 is 2.65 bits per heavy atom. The third kappa shape index (κ3) is 3.90. The molecule has 2 heterocycles. The first-order valence-corrected chi connectivity index (χ1v) is 11.3. The van der Waals surface area contributed by atoms with Crippen molar-refractivity contribution < 1.29 is 13.6 Å². The minimum Gasteiger partial charge on any atom is -0.293 e. The predicted molar refractivity (Wildman–Crippen MR) is 125 cm³/mol. The van der Waals surface area contributed by atoms with Crippen molar-refractivity contribution in [3.63, 3.8) is 0 Å². The van der Waals surface area contributed by atoms with Crippen LogP contribution in [0.4, 0.5) is 8.78 Å². The van der Waals surface area contributed by atoms with Gasteiger partial charge in [0.15, 0.2) is 11.6 Å². The number of benzene rings is 1. The van der Waals surface area contributed by atoms with E-state index in [1.165, 1.54) is 12.3 Å². The molecule has 0 spiro atoms. The molecule has 5 rings (SSSR count). The van der Waals surface area contributed by atoms with Crippen molar-refractivity contribution in [3.8, 4) is 28.7 Å². The van der Waals surface area contributed by atoms with Gasteiger partial charge in [-0.1, -0.05) is 39.0 Å². The van der Waals surface area contributed by atoms with Gasteiger partial charge in [-0.25, -0.2) is 18.7 Å². The third-order valence-electron chi connectivity index (χ3n) is 6.38. The molecule has 0 radical (unpaired) electrons. The lowest BCUT2D eigenvalue weighted by atomic mass is 9.74. The van der Waals surface area contributed by atoms with Gasteiger partial charge in [-0.3, -0.25) is 9.78 Å². The van der Waals surface area contributed by atoms with Gasteiger partial charge in [-0.05, 0) is 36.6 Å². The maximum atomic E-state index is 14.8. The molecular weight excluding hydrogens is 434 g/mol. The smallest absolute Gasteiger partial charge is 0.176 e. The normalized spacial score (nSPS) is 20.4. The van der Waals surface area contributed by atoms with Crippen LogP contribution in [0, 0.1) is 29.0 Å². The fourth-order valence-electron chi connectivity index (χ4n) is 4.72. The van der Waals surface area contributed by atoms with Gasteiger partial charge in [-0.2, -0.15) is 5.26 Å². The second kappa shape index (κ2) is 9.60. The van der Waals surface area contributed by atoms with Crippen LogP contribution in [-0.2, 0) is 17.9 Å². The van der Waals surface area contributed by atoms with Crippen molar-refractivity contribution in [1.82, 2.24) is 15.0 Å². The summed E-state index contributed by atoms with van der Waals surface area (Å²) >= 11 is 0. The molecule has 3 aromatic rings. The summed E-state index contributed by atoms with van der Waals surface area (Å²) in [5.41, 5.74) is 3.22. The second-order valence-electron chi connectivity index (χ2n) is 8.15. The highest BCUT2D eigenvalue weighted by molar-refractivity contribution is 6.02. The summed E-state index contributed by atoms with van der Waals surface area (Å²) in [7, 11) is 0. The molecule has 2 aliphatic rings. The summed E-state index contributed by atoms with van der Waals surface area (Å²) in [6.07, 6.45) is 3.68. The maximum absolute atomic E-state index is 14.8. The Kier molecular flexibility index (Phi) is 6.60. The summed E-state index contributed by atoms with van der Waals surface area (Å²) in [4.78, 5) is 26.0. The third-order valence-corrected chi connectivity index (χ3v) is 6.38. The fourth-order valence-corrected chi connectivity index (χ4v) is 4.72. The van der Waals surface area contributed by atoms with Gasteiger partial charge >= 0.3 is 0 Å². The fraction of sp³-hybridized carbons (Fsp3) is 0.296. The number of aromatic nitrogens is 3. The summed E-state index contributed by atoms with van der Waals surface area (Å²) in [5.74, 6) is -0.943. The lowest BCUT2D eigenvalue weighted by Gasteiger charge is -2.27. The number of hydrogen-bond acceptors (Lipinski definition) is 5. The average molecular weight is 459 g/mol. The number of pyridine rings is 1. The first kappa shape index (κ1) is 23.4. The van der Waals surface area contributed by atoms with Crippen molar-refractivity contribution in [2.75, 3.05) is 0 Å². The molecule has 7 heteroatoms. The number of Topliss-reactive ketones (excluding diaryl/α,β-unsaturated/α-hetero) is 1. The van der Waals surface area contributed by atoms with Crippen molar-refractivity contribution in [3.05, 3.63) is 77.0 Å². The number of alkyl halides is 1. The molecule has 0 saturated heterocycles. The highest BCUT2D eigenvalue weighted by Crippen LogP contribution is 2.48. The van der Waals surface area contributed by atoms with Crippen LogP contribution in [0.1, 0.15) is 43.6 Å². The van der Waals surface area contributed by atoms with E-state index in [1.807, 2.05) is 26.8 Å². The maximum Gasteiger partial charge on any atom is 0.176 e. The van der Waals surface area contributed by atoms with E-state index in [2.05, 4.69) is 4.98 Å². The van der Waals surface area contributed by atoms with Crippen LogP contribution in [0.3, 0.4) is 0 Å². The second-order valence-corrected chi connectivity index (χ2v) is 8.15. The van der Waals surface area contributed by atoms with Crippen LogP contribution < -0.4 is 0 Å². The molecule has 34 heavy (non-hydrogen) atoms. The number of nitrogens with zero attached hydrogens (tertiary/aromatic N) is 4. The molecule has 5 nitrogen and oxygen atoms in total. The van der Waals surface area contributed by atoms with E-state index in [4.69, 9.17) is 9.97 Å². The Bertz CT molecular complexity index is 1330. The Balaban J connectivity index is 0.00000133. The topological polar surface area (TPSA) is 79.5 Å². The van der Waals surface area contributed by atoms with Crippen molar-refractivity contribution in [1.29, 1.82) is 5.26 Å². The number of hydrogen-bond donors (Lipinski definition) is 0. The monoisotopic (exact) mass is 458 g/mol. The first-order chi connectivity index (χ1) is 16.5. The van der Waals surface area contributed by atoms with Crippen LogP contribution >= 0.6 is 0 Å². The van der Waals surface area contributed by atoms with Crippen LogP contribution in [-0.4, -0.2) is 20.7 Å². The van der Waals surface area contributed by atoms with E-state index in [0.29, 0.717) is 34.8 Å². The minimum absolute atomic E-state index is 0.0801. The largest absolute Gasteiger partial charge is 0.293 e. The van der Waals surface area contributed by atoms with Crippen LogP contribution in [0.15, 0.2) is 54.2 Å². The van der Waals surface area contributed by atoms with Crippen molar-refractivity contribution in [2.45, 2.75) is 39.8 Å². The van der Waals surface area contributed by atoms with Gasteiger partial charge < -0.3 is 0 Å². The summed E-state index contributed by atoms with van der Waals surface area (Å²) in [6.45, 7) is 5.10. The van der Waals surface area contributed by atoms with Gasteiger partial charge in [0.1, 0.15) is 18.6 Å². The van der Waals surface area contributed by atoms with Crippen LogP contribution in [0.5, 0.6) is 0 Å². The number of rotatable bonds is 3. The SMILES string of the molecule is CC.CC1C(=O)C(C#N)=CC2c3nc(-c4ccnc(CF)c4)nc(-c4ccccc4F)c3CC12. The number of carbonyl (C=O) groups excluding carboxylic acids is 1. The molecule has 3 unspecified atom stereocenters. The van der Waals surface area contributed by atoms with Crippen molar-refractivity contribution in [2.24, 2.45) is 11.8 Å². The van der Waals surface area contributed by atoms with Gasteiger partial charge in [0.05, 0.1) is 22.7 Å². The molecule has 0 bridgehead atoms. The van der Waals surface area contributed by atoms with Gasteiger partial charge in [0, 0.05) is 34.7 Å². The Morgan fingerprint density at radius 2 is 1.94 bits per heavy atom. The van der Waals surface area contributed by atoms with E-state index in [9.17, 15) is 18.8 Å². The van der Waals surface area contributed by atoms with E-state index in [0.717, 1.165) is 5.56 Å². The summed E-state index contributed by atoms with van der Waals surface area (Å²) < 4.78 is 28.0. The number of fused-ring (bicyclic) bond motifs is 3. The highest BCUT2D eigenvalue weighted by atomic mass is 19.1. The molecule has 0 fully saturated rings. The van der Waals surface area contributed by atoms with Crippen LogP contribution in [0.2, 0.25) is 0 Å². The Hall–Kier alpha value is -3.79. The minimum atomic E-state index is -0.725. The zero-order valence-electron chi connectivity index (χ0n) is 19.2. The number of allylic oxidation sites excluding steroid dienone is 2. The molecular formula is C27H24F2N4O. The van der Waals surface area contributed by atoms with E-state index >= 15 is 0 Å². The molecule has 0 saturated carbocycles. The molecule has 0 aliphatic heterocycles. The molecule has 0 N–H and O–H groups in total. The predicted octanol–water partition coefficient (Wildman–Crippen LogP) is 5.77. The molecule has 172 valence electrons. The Labute approximate surface area is 197 Å². The quantitative estimate of drug-likeness (QED) is 0.498. The summed E-state index contributed by atoms with van der Waals surface area (Å²) in [6, 6.07) is 11.6. The number of halogens is 2. The molecule has 3 atom stereocenters. The van der Waals surface area contributed by atoms with E-state index in [1.54, 1.807) is 36.4 Å². The zero-order chi connectivity index (χ0) is 24.4. The molecule has 2 aliphatic carbocycles. The van der Waals surface area contributed by atoms with Gasteiger partial charge in [0.2, 0.25) is 0 Å². The van der Waals surface area contributed by atoms with E-state index in [-0.39, 0.29) is 34.8 Å². The lowest BCUT2D eigenvalue weighted by Crippen LogP contribution is -2.29. The number of carbonyl (C=O) groups is 1. The number of ketones is 1. The average Bonchev–Trinajstić information content (AvgIpc) is 3.26. The van der Waals surface area contributed by atoms with Gasteiger partial charge in [-0.15, -0.1) is 0 Å². The molecule has 0 amide bonds. The lowest BCUT2D eigenvalue weighted by molar-refractivity contribution is -0.120. The first-order valence-electron chi connectivity index (χ1n) is 11.3. The summed E-state index contributed by atoms with van der Waals surface area (Å²) in [5, 5.41) is 9.44. The molecule has 1 aromatic carbocycles. The number of nitriles is 1. The standard InChI is InChI=1S/C25H18F2N4O.C2H6/c1-13-18-10-20-22(17-4-2-3-5-21(17)27)30-25(14-6-7-29-16(8-14)11-26)31-23(20)19(18)9-15(12-28)24(13)32;1-2/h2-9,13,18-19H,10-11H2,1H3;1-2H3. The highest BCUT2D eigenvalue weighted by Gasteiger charge is 2.44.